The Kier molecular flexibility index (Phi) is 5.49. The van der Waals surface area contributed by atoms with Gasteiger partial charge in [0.05, 0.1) is 12.7 Å². The minimum atomic E-state index is -0.429. The molecule has 6 nitrogen and oxygen atoms in total. The SMILES string of the molecule is COc1ccc(Cl)cc1C(=O)N1CCCC1C(=O)N1CCCC(N)C1. The van der Waals surface area contributed by atoms with Crippen LogP contribution in [0.3, 0.4) is 0 Å². The number of nitrogens with zero attached hydrogens (tertiary/aromatic N) is 2. The normalized spacial score (nSPS) is 23.6. The number of hydrogen-bond donors (Lipinski definition) is 1. The van der Waals surface area contributed by atoms with Gasteiger partial charge in [-0.2, -0.15) is 0 Å². The lowest BCUT2D eigenvalue weighted by molar-refractivity contribution is -0.136. The highest BCUT2D eigenvalue weighted by Crippen LogP contribution is 2.28. The van der Waals surface area contributed by atoms with E-state index in [1.54, 1.807) is 28.0 Å². The van der Waals surface area contributed by atoms with Crippen molar-refractivity contribution in [2.45, 2.75) is 37.8 Å². The lowest BCUT2D eigenvalue weighted by atomic mass is 10.0. The zero-order chi connectivity index (χ0) is 18.0. The zero-order valence-electron chi connectivity index (χ0n) is 14.4. The summed E-state index contributed by atoms with van der Waals surface area (Å²) in [6, 6.07) is 4.54. The van der Waals surface area contributed by atoms with Gasteiger partial charge in [0.1, 0.15) is 11.8 Å². The molecule has 0 bridgehead atoms. The third kappa shape index (κ3) is 3.75. The molecule has 2 unspecified atom stereocenters. The quantitative estimate of drug-likeness (QED) is 0.887. The minimum Gasteiger partial charge on any atom is -0.496 e. The van der Waals surface area contributed by atoms with Gasteiger partial charge in [-0.25, -0.2) is 0 Å². The second kappa shape index (κ2) is 7.62. The van der Waals surface area contributed by atoms with E-state index in [-0.39, 0.29) is 17.9 Å². The number of amides is 2. The summed E-state index contributed by atoms with van der Waals surface area (Å²) in [6.07, 6.45) is 3.34. The van der Waals surface area contributed by atoms with Crippen molar-refractivity contribution in [3.63, 3.8) is 0 Å². The molecule has 2 fully saturated rings. The van der Waals surface area contributed by atoms with Crippen LogP contribution < -0.4 is 10.5 Å². The van der Waals surface area contributed by atoms with Crippen molar-refractivity contribution >= 4 is 23.4 Å². The molecule has 1 aromatic carbocycles. The monoisotopic (exact) mass is 365 g/mol. The number of carbonyl (C=O) groups excluding carboxylic acids is 2. The number of piperidine rings is 1. The van der Waals surface area contributed by atoms with Crippen LogP contribution in [-0.4, -0.2) is 60.4 Å². The summed E-state index contributed by atoms with van der Waals surface area (Å²) in [7, 11) is 1.52. The van der Waals surface area contributed by atoms with Crippen LogP contribution in [0, 0.1) is 0 Å². The predicted molar refractivity (Wildman–Crippen MR) is 95.9 cm³/mol. The molecule has 2 amide bonds. The average Bonchev–Trinajstić information content (AvgIpc) is 3.10. The lowest BCUT2D eigenvalue weighted by Gasteiger charge is -2.35. The molecule has 2 saturated heterocycles. The van der Waals surface area contributed by atoms with Crippen molar-refractivity contribution in [1.29, 1.82) is 0 Å². The van der Waals surface area contributed by atoms with Crippen LogP contribution in [-0.2, 0) is 4.79 Å². The number of halogens is 1. The van der Waals surface area contributed by atoms with Gasteiger partial charge in [0.15, 0.2) is 0 Å². The molecule has 0 aliphatic carbocycles. The molecule has 0 spiro atoms. The standard InChI is InChI=1S/C18H24ClN3O3/c1-25-16-7-6-12(19)10-14(16)17(23)22-9-3-5-15(22)18(24)21-8-2-4-13(20)11-21/h6-7,10,13,15H,2-5,8-9,11,20H2,1H3. The van der Waals surface area contributed by atoms with Gasteiger partial charge in [-0.05, 0) is 43.9 Å². The van der Waals surface area contributed by atoms with Gasteiger partial charge >= 0.3 is 0 Å². The zero-order valence-corrected chi connectivity index (χ0v) is 15.2. The highest BCUT2D eigenvalue weighted by Gasteiger charge is 2.38. The maximum absolute atomic E-state index is 13.0. The molecule has 0 aromatic heterocycles. The van der Waals surface area contributed by atoms with Crippen molar-refractivity contribution in [3.05, 3.63) is 28.8 Å². The van der Waals surface area contributed by atoms with Gasteiger partial charge < -0.3 is 20.3 Å². The molecule has 2 N–H and O–H groups in total. The molecule has 136 valence electrons. The molecule has 1 aromatic rings. The van der Waals surface area contributed by atoms with Gasteiger partial charge in [-0.3, -0.25) is 9.59 Å². The fourth-order valence-electron chi connectivity index (χ4n) is 3.69. The summed E-state index contributed by atoms with van der Waals surface area (Å²) in [5.74, 6) is 0.256. The summed E-state index contributed by atoms with van der Waals surface area (Å²) in [4.78, 5) is 29.4. The van der Waals surface area contributed by atoms with Crippen molar-refractivity contribution < 1.29 is 14.3 Å². The fourth-order valence-corrected chi connectivity index (χ4v) is 3.86. The van der Waals surface area contributed by atoms with E-state index in [9.17, 15) is 9.59 Å². The maximum Gasteiger partial charge on any atom is 0.258 e. The number of methoxy groups -OCH3 is 1. The Morgan fingerprint density at radius 2 is 2.00 bits per heavy atom. The minimum absolute atomic E-state index is 0.00185. The molecular weight excluding hydrogens is 342 g/mol. The first-order valence-corrected chi connectivity index (χ1v) is 9.08. The van der Waals surface area contributed by atoms with E-state index in [0.29, 0.717) is 42.4 Å². The Morgan fingerprint density at radius 3 is 2.72 bits per heavy atom. The maximum atomic E-state index is 13.0. The van der Waals surface area contributed by atoms with Crippen molar-refractivity contribution in [3.8, 4) is 5.75 Å². The molecule has 2 aliphatic rings. The first-order valence-electron chi connectivity index (χ1n) is 8.70. The molecule has 0 radical (unpaired) electrons. The second-order valence-corrected chi connectivity index (χ2v) is 7.12. The Hall–Kier alpha value is -1.79. The van der Waals surface area contributed by atoms with Crippen LogP contribution in [0.5, 0.6) is 5.75 Å². The smallest absolute Gasteiger partial charge is 0.258 e. The molecule has 3 rings (SSSR count). The largest absolute Gasteiger partial charge is 0.496 e. The van der Waals surface area contributed by atoms with Crippen molar-refractivity contribution in [2.75, 3.05) is 26.7 Å². The molecular formula is C18H24ClN3O3. The predicted octanol–water partition coefficient (Wildman–Crippen LogP) is 1.90. The van der Waals surface area contributed by atoms with E-state index in [2.05, 4.69) is 0 Å². The lowest BCUT2D eigenvalue weighted by Crippen LogP contribution is -2.53. The van der Waals surface area contributed by atoms with Crippen molar-refractivity contribution in [2.24, 2.45) is 5.73 Å². The summed E-state index contributed by atoms with van der Waals surface area (Å²) >= 11 is 6.05. The Bertz CT molecular complexity index is 667. The van der Waals surface area contributed by atoms with E-state index >= 15 is 0 Å². The van der Waals surface area contributed by atoms with Crippen LogP contribution >= 0.6 is 11.6 Å². The molecule has 7 heteroatoms. The molecule has 2 atom stereocenters. The highest BCUT2D eigenvalue weighted by atomic mass is 35.5. The van der Waals surface area contributed by atoms with E-state index in [4.69, 9.17) is 22.1 Å². The first kappa shape index (κ1) is 18.0. The topological polar surface area (TPSA) is 75.9 Å². The van der Waals surface area contributed by atoms with Crippen LogP contribution in [0.15, 0.2) is 18.2 Å². The number of hydrogen-bond acceptors (Lipinski definition) is 4. The van der Waals surface area contributed by atoms with Crippen LogP contribution in [0.25, 0.3) is 0 Å². The first-order chi connectivity index (χ1) is 12.0. The Labute approximate surface area is 152 Å². The van der Waals surface area contributed by atoms with E-state index in [1.165, 1.54) is 7.11 Å². The van der Waals surface area contributed by atoms with Crippen LogP contribution in [0.4, 0.5) is 0 Å². The summed E-state index contributed by atoms with van der Waals surface area (Å²) in [5, 5.41) is 0.466. The third-order valence-electron chi connectivity index (χ3n) is 4.96. The van der Waals surface area contributed by atoms with Gasteiger partial charge in [0.25, 0.3) is 5.91 Å². The van der Waals surface area contributed by atoms with Gasteiger partial charge in [0, 0.05) is 30.7 Å². The van der Waals surface area contributed by atoms with Crippen LogP contribution in [0.2, 0.25) is 5.02 Å². The number of rotatable bonds is 3. The van der Waals surface area contributed by atoms with E-state index < -0.39 is 6.04 Å². The number of ether oxygens (including phenoxy) is 1. The third-order valence-corrected chi connectivity index (χ3v) is 5.20. The van der Waals surface area contributed by atoms with Gasteiger partial charge in [-0.1, -0.05) is 11.6 Å². The van der Waals surface area contributed by atoms with E-state index in [1.807, 2.05) is 0 Å². The molecule has 2 heterocycles. The number of carbonyl (C=O) groups is 2. The van der Waals surface area contributed by atoms with Crippen molar-refractivity contribution in [1.82, 2.24) is 9.80 Å². The Balaban J connectivity index is 1.80. The van der Waals surface area contributed by atoms with E-state index in [0.717, 1.165) is 19.3 Å². The Morgan fingerprint density at radius 1 is 1.24 bits per heavy atom. The second-order valence-electron chi connectivity index (χ2n) is 6.69. The van der Waals surface area contributed by atoms with Gasteiger partial charge in [0.2, 0.25) is 5.91 Å². The summed E-state index contributed by atoms with van der Waals surface area (Å²) < 4.78 is 5.29. The summed E-state index contributed by atoms with van der Waals surface area (Å²) in [6.45, 7) is 1.84. The number of likely N-dealkylation sites (tertiary alicyclic amines) is 2. The molecule has 0 saturated carbocycles. The summed E-state index contributed by atoms with van der Waals surface area (Å²) in [5.41, 5.74) is 6.39. The molecule has 2 aliphatic heterocycles. The molecule has 25 heavy (non-hydrogen) atoms. The van der Waals surface area contributed by atoms with Crippen LogP contribution in [0.1, 0.15) is 36.0 Å². The number of nitrogens with two attached hydrogens (primary N) is 1. The number of benzene rings is 1. The fraction of sp³-hybridized carbons (Fsp3) is 0.556. The highest BCUT2D eigenvalue weighted by molar-refractivity contribution is 6.31. The van der Waals surface area contributed by atoms with Gasteiger partial charge in [-0.15, -0.1) is 0 Å². The average molecular weight is 366 g/mol.